The van der Waals surface area contributed by atoms with Gasteiger partial charge in [-0.3, -0.25) is 0 Å². The molecule has 0 radical (unpaired) electrons. The van der Waals surface area contributed by atoms with Gasteiger partial charge in [0.1, 0.15) is 0 Å². The van der Waals surface area contributed by atoms with Crippen molar-refractivity contribution in [2.45, 2.75) is 52.4 Å². The summed E-state index contributed by atoms with van der Waals surface area (Å²) in [5, 5.41) is 0. The number of anilines is 2. The third-order valence-corrected chi connectivity index (χ3v) is 4.95. The second kappa shape index (κ2) is 6.98. The van der Waals surface area contributed by atoms with Crippen molar-refractivity contribution in [1.29, 1.82) is 0 Å². The van der Waals surface area contributed by atoms with Crippen LogP contribution in [0.4, 0.5) is 11.4 Å². The molecule has 2 rings (SSSR count). The normalized spacial score (nSPS) is 12.2. The molecule has 0 spiro atoms. The highest BCUT2D eigenvalue weighted by Gasteiger charge is 2.25. The lowest BCUT2D eigenvalue weighted by Gasteiger charge is -2.30. The van der Waals surface area contributed by atoms with Crippen LogP contribution in [0.15, 0.2) is 36.4 Å². The van der Waals surface area contributed by atoms with Crippen molar-refractivity contribution in [2.24, 2.45) is 0 Å². The van der Waals surface area contributed by atoms with E-state index in [-0.39, 0.29) is 10.8 Å². The maximum absolute atomic E-state index is 2.35. The molecule has 2 aromatic rings. The smallest absolute Gasteiger partial charge is 0.0367 e. The van der Waals surface area contributed by atoms with Gasteiger partial charge in [-0.15, -0.1) is 0 Å². The topological polar surface area (TPSA) is 6.48 Å². The Balaban J connectivity index is 2.88. The standard InChI is InChI=1S/C24H36N2/c1-23(2,3)21-13-11-17(25(7)8)15-19(21)20-16-18(26(9)10)12-14-22(20)24(4,5)6/h11-16H,1-10H3. The second-order valence-corrected chi connectivity index (χ2v) is 9.75. The Morgan fingerprint density at radius 2 is 0.846 bits per heavy atom. The number of hydrogen-bond acceptors (Lipinski definition) is 2. The molecular formula is C24H36N2. The molecule has 0 saturated carbocycles. The van der Waals surface area contributed by atoms with E-state index in [1.165, 1.54) is 33.6 Å². The minimum Gasteiger partial charge on any atom is -0.378 e. The Morgan fingerprint density at radius 1 is 0.538 bits per heavy atom. The lowest BCUT2D eigenvalue weighted by atomic mass is 9.76. The highest BCUT2D eigenvalue weighted by atomic mass is 15.1. The van der Waals surface area contributed by atoms with Gasteiger partial charge >= 0.3 is 0 Å². The van der Waals surface area contributed by atoms with Crippen LogP contribution in [0.25, 0.3) is 11.1 Å². The largest absolute Gasteiger partial charge is 0.378 e. The summed E-state index contributed by atoms with van der Waals surface area (Å²) in [5.74, 6) is 0. The van der Waals surface area contributed by atoms with E-state index in [4.69, 9.17) is 0 Å². The fourth-order valence-corrected chi connectivity index (χ4v) is 3.37. The summed E-state index contributed by atoms with van der Waals surface area (Å²) in [5.41, 5.74) is 8.13. The molecule has 0 saturated heterocycles. The van der Waals surface area contributed by atoms with Crippen LogP contribution in [0.5, 0.6) is 0 Å². The van der Waals surface area contributed by atoms with Gasteiger partial charge in [0.25, 0.3) is 0 Å². The summed E-state index contributed by atoms with van der Waals surface area (Å²) >= 11 is 0. The monoisotopic (exact) mass is 352 g/mol. The first-order valence-electron chi connectivity index (χ1n) is 9.46. The fraction of sp³-hybridized carbons (Fsp3) is 0.500. The average molecular weight is 353 g/mol. The second-order valence-electron chi connectivity index (χ2n) is 9.75. The highest BCUT2D eigenvalue weighted by molar-refractivity contribution is 5.79. The number of benzene rings is 2. The van der Waals surface area contributed by atoms with Gasteiger partial charge in [0.05, 0.1) is 0 Å². The van der Waals surface area contributed by atoms with Crippen molar-refractivity contribution >= 4 is 11.4 Å². The zero-order valence-electron chi connectivity index (χ0n) is 18.4. The predicted molar refractivity (Wildman–Crippen MR) is 118 cm³/mol. The van der Waals surface area contributed by atoms with E-state index in [1.807, 2.05) is 0 Å². The molecule has 0 amide bonds. The number of nitrogens with zero attached hydrogens (tertiary/aromatic N) is 2. The summed E-state index contributed by atoms with van der Waals surface area (Å²) in [4.78, 5) is 4.37. The summed E-state index contributed by atoms with van der Waals surface area (Å²) in [7, 11) is 8.43. The molecule has 0 aliphatic heterocycles. The minimum atomic E-state index is 0.0868. The molecule has 0 aromatic heterocycles. The summed E-state index contributed by atoms with van der Waals surface area (Å²) in [6.45, 7) is 13.8. The molecule has 0 atom stereocenters. The summed E-state index contributed by atoms with van der Waals surface area (Å²) < 4.78 is 0. The van der Waals surface area contributed by atoms with Crippen LogP contribution in [-0.2, 0) is 10.8 Å². The van der Waals surface area contributed by atoms with E-state index in [0.717, 1.165) is 0 Å². The molecule has 2 nitrogen and oxygen atoms in total. The molecule has 0 N–H and O–H groups in total. The van der Waals surface area contributed by atoms with E-state index < -0.39 is 0 Å². The molecule has 0 fully saturated rings. The molecule has 0 aliphatic carbocycles. The Labute approximate surface area is 160 Å². The van der Waals surface area contributed by atoms with Crippen LogP contribution in [0.2, 0.25) is 0 Å². The van der Waals surface area contributed by atoms with Crippen LogP contribution in [0.3, 0.4) is 0 Å². The Bertz CT molecular complexity index is 704. The predicted octanol–water partition coefficient (Wildman–Crippen LogP) is 6.08. The van der Waals surface area contributed by atoms with Gasteiger partial charge in [-0.2, -0.15) is 0 Å². The van der Waals surface area contributed by atoms with Crippen molar-refractivity contribution in [1.82, 2.24) is 0 Å². The average Bonchev–Trinajstić information content (AvgIpc) is 2.51. The number of hydrogen-bond donors (Lipinski definition) is 0. The van der Waals surface area contributed by atoms with Crippen LogP contribution in [0.1, 0.15) is 52.7 Å². The first-order chi connectivity index (χ1) is 11.8. The van der Waals surface area contributed by atoms with Crippen molar-refractivity contribution in [3.63, 3.8) is 0 Å². The first-order valence-corrected chi connectivity index (χ1v) is 9.46. The SMILES string of the molecule is CN(C)c1ccc(C(C)(C)C)c(-c2cc(N(C)C)ccc2C(C)(C)C)c1. The fourth-order valence-electron chi connectivity index (χ4n) is 3.37. The van der Waals surface area contributed by atoms with E-state index in [9.17, 15) is 0 Å². The van der Waals surface area contributed by atoms with Crippen molar-refractivity contribution < 1.29 is 0 Å². The van der Waals surface area contributed by atoms with Gasteiger partial charge in [0.15, 0.2) is 0 Å². The molecule has 0 bridgehead atoms. The maximum Gasteiger partial charge on any atom is 0.0367 e. The first kappa shape index (κ1) is 20.4. The Morgan fingerprint density at radius 3 is 1.08 bits per heavy atom. The lowest BCUT2D eigenvalue weighted by molar-refractivity contribution is 0.585. The van der Waals surface area contributed by atoms with Crippen LogP contribution < -0.4 is 9.80 Å². The zero-order chi connectivity index (χ0) is 19.9. The molecule has 0 heterocycles. The van der Waals surface area contributed by atoms with E-state index >= 15 is 0 Å². The third-order valence-electron chi connectivity index (χ3n) is 4.95. The Kier molecular flexibility index (Phi) is 5.46. The van der Waals surface area contributed by atoms with E-state index in [2.05, 4.69) is 116 Å². The number of rotatable bonds is 3. The highest BCUT2D eigenvalue weighted by Crippen LogP contribution is 2.41. The van der Waals surface area contributed by atoms with Crippen LogP contribution in [0, 0.1) is 0 Å². The van der Waals surface area contributed by atoms with Crippen molar-refractivity contribution in [3.05, 3.63) is 47.5 Å². The van der Waals surface area contributed by atoms with Crippen molar-refractivity contribution in [2.75, 3.05) is 38.0 Å². The maximum atomic E-state index is 2.35. The quantitative estimate of drug-likeness (QED) is 0.660. The van der Waals surface area contributed by atoms with Gasteiger partial charge in [0, 0.05) is 39.6 Å². The van der Waals surface area contributed by atoms with E-state index in [1.54, 1.807) is 0 Å². The van der Waals surface area contributed by atoms with Crippen molar-refractivity contribution in [3.8, 4) is 11.1 Å². The van der Waals surface area contributed by atoms with Crippen LogP contribution in [-0.4, -0.2) is 28.2 Å². The van der Waals surface area contributed by atoms with Gasteiger partial charge in [-0.25, -0.2) is 0 Å². The molecule has 0 unspecified atom stereocenters. The van der Waals surface area contributed by atoms with E-state index in [0.29, 0.717) is 0 Å². The van der Waals surface area contributed by atoms with Gasteiger partial charge in [-0.05, 0) is 57.3 Å². The molecular weight excluding hydrogens is 316 g/mol. The van der Waals surface area contributed by atoms with Gasteiger partial charge in [-0.1, -0.05) is 53.7 Å². The molecule has 26 heavy (non-hydrogen) atoms. The van der Waals surface area contributed by atoms with Crippen LogP contribution >= 0.6 is 0 Å². The van der Waals surface area contributed by atoms with Gasteiger partial charge < -0.3 is 9.80 Å². The summed E-state index contributed by atoms with van der Waals surface area (Å²) in [6.07, 6.45) is 0. The lowest BCUT2D eigenvalue weighted by Crippen LogP contribution is -2.18. The Hall–Kier alpha value is -1.96. The summed E-state index contributed by atoms with van der Waals surface area (Å²) in [6, 6.07) is 13.8. The molecule has 0 aliphatic rings. The van der Waals surface area contributed by atoms with Gasteiger partial charge in [0.2, 0.25) is 0 Å². The third kappa shape index (κ3) is 4.23. The minimum absolute atomic E-state index is 0.0868. The molecule has 2 aromatic carbocycles. The zero-order valence-corrected chi connectivity index (χ0v) is 18.4. The molecule has 142 valence electrons. The molecule has 2 heteroatoms.